The van der Waals surface area contributed by atoms with Crippen LogP contribution < -0.4 is 5.32 Å². The number of pyridine rings is 1. The van der Waals surface area contributed by atoms with Gasteiger partial charge in [0.25, 0.3) is 5.91 Å². The molecule has 0 bridgehead atoms. The van der Waals surface area contributed by atoms with Crippen LogP contribution in [0.3, 0.4) is 0 Å². The number of anilines is 1. The quantitative estimate of drug-likeness (QED) is 0.837. The van der Waals surface area contributed by atoms with Gasteiger partial charge in [0.15, 0.2) is 0 Å². The number of rotatable bonds is 3. The first-order valence-electron chi connectivity index (χ1n) is 4.43. The largest absolute Gasteiger partial charge is 0.477 e. The number of carbonyl (C=O) groups excluding carboxylic acids is 1. The number of hydrogen-bond donors (Lipinski definition) is 2. The maximum atomic E-state index is 11.7. The third-order valence-corrected chi connectivity index (χ3v) is 2.43. The number of hydrogen-bond acceptors (Lipinski definition) is 6. The molecule has 0 atom stereocenters. The summed E-state index contributed by atoms with van der Waals surface area (Å²) in [7, 11) is 0. The second kappa shape index (κ2) is 4.66. The average molecular weight is 250 g/mol. The van der Waals surface area contributed by atoms with E-state index >= 15 is 0 Å². The third kappa shape index (κ3) is 2.61. The van der Waals surface area contributed by atoms with Gasteiger partial charge < -0.3 is 5.11 Å². The van der Waals surface area contributed by atoms with Gasteiger partial charge in [-0.1, -0.05) is 11.3 Å². The standard InChI is InChI=1S/C9H6N4O3S/c14-7(12-9-13-11-4-17-9)5-1-2-10-6(3-5)8(15)16/h1-4H,(H,15,16)(H,12,13,14). The molecule has 2 heterocycles. The van der Waals surface area contributed by atoms with E-state index in [1.54, 1.807) is 0 Å². The lowest BCUT2D eigenvalue weighted by atomic mass is 10.2. The number of carbonyl (C=O) groups is 2. The van der Waals surface area contributed by atoms with Crippen LogP contribution >= 0.6 is 11.3 Å². The van der Waals surface area contributed by atoms with Gasteiger partial charge in [-0.25, -0.2) is 9.78 Å². The lowest BCUT2D eigenvalue weighted by Gasteiger charge is -2.01. The number of nitrogens with one attached hydrogen (secondary N) is 1. The van der Waals surface area contributed by atoms with Crippen LogP contribution in [0.4, 0.5) is 5.13 Å². The average Bonchev–Trinajstić information content (AvgIpc) is 2.82. The number of carboxylic acid groups (broad SMARTS) is 1. The molecular weight excluding hydrogens is 244 g/mol. The molecule has 0 unspecified atom stereocenters. The van der Waals surface area contributed by atoms with Gasteiger partial charge in [0, 0.05) is 11.8 Å². The smallest absolute Gasteiger partial charge is 0.354 e. The first kappa shape index (κ1) is 11.1. The minimum Gasteiger partial charge on any atom is -0.477 e. The highest BCUT2D eigenvalue weighted by molar-refractivity contribution is 7.13. The fourth-order valence-corrected chi connectivity index (χ4v) is 1.53. The molecule has 0 aliphatic rings. The number of aromatic nitrogens is 3. The highest BCUT2D eigenvalue weighted by atomic mass is 32.1. The summed E-state index contributed by atoms with van der Waals surface area (Å²) in [6.45, 7) is 0. The molecule has 0 aliphatic heterocycles. The zero-order valence-corrected chi connectivity index (χ0v) is 9.14. The van der Waals surface area contributed by atoms with Gasteiger partial charge in [0.2, 0.25) is 5.13 Å². The molecule has 8 heteroatoms. The monoisotopic (exact) mass is 250 g/mol. The van der Waals surface area contributed by atoms with E-state index in [4.69, 9.17) is 5.11 Å². The molecule has 86 valence electrons. The lowest BCUT2D eigenvalue weighted by Crippen LogP contribution is -2.13. The van der Waals surface area contributed by atoms with Gasteiger partial charge in [-0.05, 0) is 12.1 Å². The maximum Gasteiger partial charge on any atom is 0.354 e. The number of aromatic carboxylic acids is 1. The number of nitrogens with zero attached hydrogens (tertiary/aromatic N) is 3. The third-order valence-electron chi connectivity index (χ3n) is 1.82. The Morgan fingerprint density at radius 1 is 1.41 bits per heavy atom. The van der Waals surface area contributed by atoms with Crippen LogP contribution in [0, 0.1) is 0 Å². The SMILES string of the molecule is O=C(Nc1nncs1)c1ccnc(C(=O)O)c1. The van der Waals surface area contributed by atoms with Crippen molar-refractivity contribution in [2.75, 3.05) is 5.32 Å². The van der Waals surface area contributed by atoms with Crippen molar-refractivity contribution >= 4 is 28.3 Å². The second-order valence-corrected chi connectivity index (χ2v) is 3.77. The van der Waals surface area contributed by atoms with Crippen molar-refractivity contribution in [3.63, 3.8) is 0 Å². The Balaban J connectivity index is 2.19. The summed E-state index contributed by atoms with van der Waals surface area (Å²) in [5.74, 6) is -1.64. The topological polar surface area (TPSA) is 105 Å². The molecule has 0 fully saturated rings. The minimum atomic E-state index is -1.18. The van der Waals surface area contributed by atoms with Crippen molar-refractivity contribution < 1.29 is 14.7 Å². The van der Waals surface area contributed by atoms with E-state index in [1.165, 1.54) is 35.2 Å². The highest BCUT2D eigenvalue weighted by Crippen LogP contribution is 2.10. The summed E-state index contributed by atoms with van der Waals surface area (Å²) in [4.78, 5) is 26.0. The fourth-order valence-electron chi connectivity index (χ4n) is 1.09. The van der Waals surface area contributed by atoms with Crippen LogP contribution in [0.5, 0.6) is 0 Å². The normalized spacial score (nSPS) is 9.88. The zero-order valence-electron chi connectivity index (χ0n) is 8.32. The van der Waals surface area contributed by atoms with E-state index in [9.17, 15) is 9.59 Å². The van der Waals surface area contributed by atoms with Gasteiger partial charge in [-0.3, -0.25) is 10.1 Å². The van der Waals surface area contributed by atoms with Crippen LogP contribution in [0.1, 0.15) is 20.8 Å². The molecule has 2 rings (SSSR count). The van der Waals surface area contributed by atoms with Crippen molar-refractivity contribution in [1.29, 1.82) is 0 Å². The van der Waals surface area contributed by atoms with Crippen LogP contribution in [0.15, 0.2) is 23.8 Å². The summed E-state index contributed by atoms with van der Waals surface area (Å²) < 4.78 is 0. The Labute approximate surface area is 99.2 Å². The van der Waals surface area contributed by atoms with E-state index in [0.717, 1.165) is 0 Å². The molecule has 0 spiro atoms. The predicted octanol–water partition coefficient (Wildman–Crippen LogP) is 0.884. The molecule has 2 aromatic heterocycles. The molecule has 2 N–H and O–H groups in total. The number of carboxylic acids is 1. The molecule has 2 aromatic rings. The Hall–Kier alpha value is -2.35. The molecule has 1 amide bonds. The second-order valence-electron chi connectivity index (χ2n) is 2.93. The first-order valence-corrected chi connectivity index (χ1v) is 5.31. The predicted molar refractivity (Wildman–Crippen MR) is 59.1 cm³/mol. The summed E-state index contributed by atoms with van der Waals surface area (Å²) >= 11 is 1.17. The van der Waals surface area contributed by atoms with Crippen molar-refractivity contribution in [2.45, 2.75) is 0 Å². The van der Waals surface area contributed by atoms with Crippen LogP contribution in [-0.4, -0.2) is 32.2 Å². The Bertz CT molecular complexity index is 555. The molecular formula is C9H6N4O3S. The van der Waals surface area contributed by atoms with E-state index in [0.29, 0.717) is 5.13 Å². The van der Waals surface area contributed by atoms with Gasteiger partial charge >= 0.3 is 5.97 Å². The van der Waals surface area contributed by atoms with E-state index in [1.807, 2.05) is 0 Å². The minimum absolute atomic E-state index is 0.185. The molecule has 0 saturated carbocycles. The van der Waals surface area contributed by atoms with E-state index in [2.05, 4.69) is 20.5 Å². The Morgan fingerprint density at radius 2 is 2.24 bits per heavy atom. The van der Waals surface area contributed by atoms with Crippen LogP contribution in [-0.2, 0) is 0 Å². The summed E-state index contributed by atoms with van der Waals surface area (Å²) in [5, 5.41) is 18.8. The van der Waals surface area contributed by atoms with Crippen molar-refractivity contribution in [1.82, 2.24) is 15.2 Å². The zero-order chi connectivity index (χ0) is 12.3. The first-order chi connectivity index (χ1) is 8.16. The van der Waals surface area contributed by atoms with Gasteiger partial charge in [0.05, 0.1) is 0 Å². The summed E-state index contributed by atoms with van der Waals surface area (Å²) in [6, 6.07) is 2.61. The van der Waals surface area contributed by atoms with Gasteiger partial charge in [-0.2, -0.15) is 0 Å². The Kier molecular flexibility index (Phi) is 3.06. The van der Waals surface area contributed by atoms with Gasteiger partial charge in [0.1, 0.15) is 11.2 Å². The summed E-state index contributed by atoms with van der Waals surface area (Å²) in [5.41, 5.74) is 1.49. The van der Waals surface area contributed by atoms with Gasteiger partial charge in [-0.15, -0.1) is 10.2 Å². The Morgan fingerprint density at radius 3 is 2.88 bits per heavy atom. The molecule has 0 saturated heterocycles. The molecule has 0 aromatic carbocycles. The maximum absolute atomic E-state index is 11.7. The number of amides is 1. The van der Waals surface area contributed by atoms with Crippen molar-refractivity contribution in [2.24, 2.45) is 0 Å². The summed E-state index contributed by atoms with van der Waals surface area (Å²) in [6.07, 6.45) is 1.26. The molecule has 17 heavy (non-hydrogen) atoms. The highest BCUT2D eigenvalue weighted by Gasteiger charge is 2.11. The lowest BCUT2D eigenvalue weighted by molar-refractivity contribution is 0.0690. The fraction of sp³-hybridized carbons (Fsp3) is 0. The molecule has 0 aliphatic carbocycles. The van der Waals surface area contributed by atoms with Crippen LogP contribution in [0.25, 0.3) is 0 Å². The van der Waals surface area contributed by atoms with Crippen LogP contribution in [0.2, 0.25) is 0 Å². The van der Waals surface area contributed by atoms with E-state index < -0.39 is 11.9 Å². The van der Waals surface area contributed by atoms with E-state index in [-0.39, 0.29) is 11.3 Å². The van der Waals surface area contributed by atoms with Crippen molar-refractivity contribution in [3.05, 3.63) is 35.1 Å². The molecule has 0 radical (unpaired) electrons. The molecule has 7 nitrogen and oxygen atoms in total. The van der Waals surface area contributed by atoms with Crippen molar-refractivity contribution in [3.8, 4) is 0 Å².